The third-order valence-corrected chi connectivity index (χ3v) is 3.56. The molecule has 1 saturated carbocycles. The first-order valence-electron chi connectivity index (χ1n) is 5.34. The van der Waals surface area contributed by atoms with Crippen LogP contribution in [0.5, 0.6) is 0 Å². The van der Waals surface area contributed by atoms with E-state index in [1.54, 1.807) is 0 Å². The highest BCUT2D eigenvalue weighted by Crippen LogP contribution is 2.51. The third kappa shape index (κ3) is 1.06. The van der Waals surface area contributed by atoms with Gasteiger partial charge in [0.15, 0.2) is 5.67 Å². The molecule has 1 aliphatic carbocycles. The third-order valence-electron chi connectivity index (χ3n) is 3.56. The molecule has 0 amide bonds. The Labute approximate surface area is 88.0 Å². The number of nitrogens with two attached hydrogens (primary N) is 1. The van der Waals surface area contributed by atoms with Crippen molar-refractivity contribution in [3.63, 3.8) is 0 Å². The molecule has 1 fully saturated rings. The van der Waals surface area contributed by atoms with E-state index in [0.717, 1.165) is 24.1 Å². The lowest BCUT2D eigenvalue weighted by molar-refractivity contribution is 0.232. The standard InChI is InChI=1S/C12H13FN2/c13-12-7-3-5-9(12)8-4-1-2-6-10(8)15-11(12)14/h1-2,4,6,9H,3,5,7H2,(H2,14,15)/t9-,12+/m1/s1. The van der Waals surface area contributed by atoms with Gasteiger partial charge in [-0.25, -0.2) is 9.38 Å². The van der Waals surface area contributed by atoms with E-state index in [0.29, 0.717) is 6.42 Å². The Bertz CT molecular complexity index is 441. The van der Waals surface area contributed by atoms with E-state index < -0.39 is 5.67 Å². The van der Waals surface area contributed by atoms with E-state index in [2.05, 4.69) is 4.99 Å². The number of hydrogen-bond acceptors (Lipinski definition) is 2. The Morgan fingerprint density at radius 3 is 3.07 bits per heavy atom. The smallest absolute Gasteiger partial charge is 0.174 e. The van der Waals surface area contributed by atoms with Crippen LogP contribution in [-0.4, -0.2) is 11.5 Å². The van der Waals surface area contributed by atoms with Gasteiger partial charge in [-0.1, -0.05) is 18.2 Å². The molecule has 2 N–H and O–H groups in total. The minimum Gasteiger partial charge on any atom is -0.384 e. The van der Waals surface area contributed by atoms with Gasteiger partial charge in [0.25, 0.3) is 0 Å². The Kier molecular flexibility index (Phi) is 1.67. The summed E-state index contributed by atoms with van der Waals surface area (Å²) in [5, 5.41) is 0. The van der Waals surface area contributed by atoms with Gasteiger partial charge in [0.05, 0.1) is 5.69 Å². The molecular weight excluding hydrogens is 191 g/mol. The summed E-state index contributed by atoms with van der Waals surface area (Å²) in [6.45, 7) is 0. The summed E-state index contributed by atoms with van der Waals surface area (Å²) in [6, 6.07) is 7.72. The minimum absolute atomic E-state index is 0.0776. The average molecular weight is 204 g/mol. The fourth-order valence-corrected chi connectivity index (χ4v) is 2.78. The van der Waals surface area contributed by atoms with Gasteiger partial charge in [-0.2, -0.15) is 0 Å². The van der Waals surface area contributed by atoms with Gasteiger partial charge in [-0.15, -0.1) is 0 Å². The van der Waals surface area contributed by atoms with Crippen molar-refractivity contribution >= 4 is 11.5 Å². The zero-order valence-electron chi connectivity index (χ0n) is 8.41. The molecule has 1 aromatic rings. The number of rotatable bonds is 0. The number of nitrogens with zero attached hydrogens (tertiary/aromatic N) is 1. The maximum Gasteiger partial charge on any atom is 0.174 e. The van der Waals surface area contributed by atoms with Gasteiger partial charge in [-0.05, 0) is 30.9 Å². The van der Waals surface area contributed by atoms with E-state index in [9.17, 15) is 4.39 Å². The van der Waals surface area contributed by atoms with Gasteiger partial charge in [0.1, 0.15) is 5.84 Å². The van der Waals surface area contributed by atoms with Crippen molar-refractivity contribution in [2.24, 2.45) is 10.7 Å². The lowest BCUT2D eigenvalue weighted by atomic mass is 9.82. The molecule has 1 aliphatic heterocycles. The Balaban J connectivity index is 2.22. The molecule has 0 aromatic heterocycles. The number of hydrogen-bond donors (Lipinski definition) is 1. The lowest BCUT2D eigenvalue weighted by Gasteiger charge is -2.31. The summed E-state index contributed by atoms with van der Waals surface area (Å²) >= 11 is 0. The van der Waals surface area contributed by atoms with E-state index in [1.165, 1.54) is 0 Å². The fraction of sp³-hybridized carbons (Fsp3) is 0.417. The van der Waals surface area contributed by atoms with Crippen LogP contribution in [0.3, 0.4) is 0 Å². The minimum atomic E-state index is -1.38. The zero-order valence-corrected chi connectivity index (χ0v) is 8.41. The number of halogens is 1. The van der Waals surface area contributed by atoms with Crippen molar-refractivity contribution in [1.29, 1.82) is 0 Å². The molecule has 1 aromatic carbocycles. The van der Waals surface area contributed by atoms with Crippen molar-refractivity contribution in [3.05, 3.63) is 29.8 Å². The molecule has 0 spiro atoms. The van der Waals surface area contributed by atoms with Gasteiger partial charge >= 0.3 is 0 Å². The van der Waals surface area contributed by atoms with Crippen LogP contribution in [0.2, 0.25) is 0 Å². The molecule has 15 heavy (non-hydrogen) atoms. The van der Waals surface area contributed by atoms with Crippen LogP contribution in [0.15, 0.2) is 29.3 Å². The van der Waals surface area contributed by atoms with E-state index in [1.807, 2.05) is 24.3 Å². The Morgan fingerprint density at radius 1 is 1.40 bits per heavy atom. The molecular formula is C12H13FN2. The van der Waals surface area contributed by atoms with Crippen LogP contribution in [0.1, 0.15) is 30.7 Å². The predicted octanol–water partition coefficient (Wildman–Crippen LogP) is 2.66. The second-order valence-electron chi connectivity index (χ2n) is 4.36. The topological polar surface area (TPSA) is 38.4 Å². The molecule has 2 atom stereocenters. The normalized spacial score (nSPS) is 33.1. The van der Waals surface area contributed by atoms with Crippen LogP contribution in [0.25, 0.3) is 0 Å². The number of alkyl halides is 1. The molecule has 2 nitrogen and oxygen atoms in total. The van der Waals surface area contributed by atoms with Gasteiger partial charge in [0, 0.05) is 5.92 Å². The van der Waals surface area contributed by atoms with Crippen LogP contribution < -0.4 is 5.73 Å². The van der Waals surface area contributed by atoms with Gasteiger partial charge in [0.2, 0.25) is 0 Å². The largest absolute Gasteiger partial charge is 0.384 e. The molecule has 2 aliphatic rings. The monoisotopic (exact) mass is 204 g/mol. The fourth-order valence-electron chi connectivity index (χ4n) is 2.78. The number of aliphatic imine (C=N–C) groups is 1. The van der Waals surface area contributed by atoms with Crippen LogP contribution in [0, 0.1) is 0 Å². The highest BCUT2D eigenvalue weighted by molar-refractivity contribution is 5.95. The zero-order chi connectivity index (χ0) is 10.5. The van der Waals surface area contributed by atoms with E-state index in [-0.39, 0.29) is 11.8 Å². The molecule has 0 radical (unpaired) electrons. The second-order valence-corrected chi connectivity index (χ2v) is 4.36. The van der Waals surface area contributed by atoms with Crippen molar-refractivity contribution in [3.8, 4) is 0 Å². The highest BCUT2D eigenvalue weighted by Gasteiger charge is 2.50. The number of amidine groups is 1. The number of para-hydroxylation sites is 1. The predicted molar refractivity (Wildman–Crippen MR) is 58.2 cm³/mol. The summed E-state index contributed by atoms with van der Waals surface area (Å²) < 4.78 is 14.6. The maximum atomic E-state index is 14.6. The maximum absolute atomic E-state index is 14.6. The summed E-state index contributed by atoms with van der Waals surface area (Å²) in [5.41, 5.74) is 6.23. The molecule has 1 heterocycles. The molecule has 3 heteroatoms. The van der Waals surface area contributed by atoms with Crippen LogP contribution in [0.4, 0.5) is 10.1 Å². The summed E-state index contributed by atoms with van der Waals surface area (Å²) in [4.78, 5) is 4.18. The van der Waals surface area contributed by atoms with E-state index in [4.69, 9.17) is 5.73 Å². The second kappa shape index (κ2) is 2.81. The quantitative estimate of drug-likeness (QED) is 0.693. The number of fused-ring (bicyclic) bond motifs is 3. The average Bonchev–Trinajstić information content (AvgIpc) is 2.63. The summed E-state index contributed by atoms with van der Waals surface area (Å²) in [5.74, 6) is 0.0925. The molecule has 3 rings (SSSR count). The first-order chi connectivity index (χ1) is 7.22. The number of benzene rings is 1. The van der Waals surface area contributed by atoms with Crippen LogP contribution >= 0.6 is 0 Å². The van der Waals surface area contributed by atoms with Crippen LogP contribution in [-0.2, 0) is 0 Å². The Hall–Kier alpha value is -1.38. The molecule has 0 bridgehead atoms. The van der Waals surface area contributed by atoms with Gasteiger partial charge < -0.3 is 5.73 Å². The SMILES string of the molecule is NC1=Nc2ccccc2[C@H]2CCC[C@@]12F. The van der Waals surface area contributed by atoms with Crippen molar-refractivity contribution in [2.75, 3.05) is 0 Å². The van der Waals surface area contributed by atoms with Crippen molar-refractivity contribution in [2.45, 2.75) is 30.8 Å². The van der Waals surface area contributed by atoms with Crippen molar-refractivity contribution < 1.29 is 4.39 Å². The highest BCUT2D eigenvalue weighted by atomic mass is 19.1. The molecule has 0 saturated heterocycles. The molecule has 0 unspecified atom stereocenters. The lowest BCUT2D eigenvalue weighted by Crippen LogP contribution is -2.43. The van der Waals surface area contributed by atoms with E-state index >= 15 is 0 Å². The molecule has 78 valence electrons. The van der Waals surface area contributed by atoms with Gasteiger partial charge in [-0.3, -0.25) is 0 Å². The summed E-state index contributed by atoms with van der Waals surface area (Å²) in [7, 11) is 0. The Morgan fingerprint density at radius 2 is 2.20 bits per heavy atom. The first kappa shape index (κ1) is 8.89. The first-order valence-corrected chi connectivity index (χ1v) is 5.34. The summed E-state index contributed by atoms with van der Waals surface area (Å²) in [6.07, 6.45) is 2.29. The van der Waals surface area contributed by atoms with Crippen molar-refractivity contribution in [1.82, 2.24) is 0 Å².